The van der Waals surface area contributed by atoms with Gasteiger partial charge in [0.15, 0.2) is 5.96 Å². The first-order chi connectivity index (χ1) is 14.2. The third-order valence-electron chi connectivity index (χ3n) is 5.13. The van der Waals surface area contributed by atoms with Crippen LogP contribution in [0.1, 0.15) is 11.1 Å². The smallest absolute Gasteiger partial charge is 0.191 e. The summed E-state index contributed by atoms with van der Waals surface area (Å²) >= 11 is 5.98. The molecule has 30 heavy (non-hydrogen) atoms. The number of nitrogens with zero attached hydrogens (tertiary/aromatic N) is 5. The molecular weight excluding hydrogens is 511 g/mol. The van der Waals surface area contributed by atoms with Crippen LogP contribution in [0.25, 0.3) is 0 Å². The number of guanidine groups is 1. The predicted octanol–water partition coefficient (Wildman–Crippen LogP) is 3.84. The quantitative estimate of drug-likeness (QED) is 0.306. The Kier molecular flexibility index (Phi) is 7.98. The van der Waals surface area contributed by atoms with Gasteiger partial charge in [-0.05, 0) is 35.4 Å². The molecule has 0 unspecified atom stereocenters. The van der Waals surface area contributed by atoms with Gasteiger partial charge in [0, 0.05) is 55.8 Å². The number of hydrogen-bond acceptors (Lipinski definition) is 3. The number of benzene rings is 2. The lowest BCUT2D eigenvalue weighted by molar-refractivity contribution is 0.380. The number of rotatable bonds is 5. The zero-order valence-electron chi connectivity index (χ0n) is 16.7. The second-order valence-electron chi connectivity index (χ2n) is 7.18. The summed E-state index contributed by atoms with van der Waals surface area (Å²) < 4.78 is 2.05. The number of aromatic nitrogens is 2. The number of hydrogen-bond donors (Lipinski definition) is 1. The van der Waals surface area contributed by atoms with Gasteiger partial charge in [-0.1, -0.05) is 35.9 Å². The van der Waals surface area contributed by atoms with E-state index in [-0.39, 0.29) is 24.0 Å². The molecule has 2 heterocycles. The van der Waals surface area contributed by atoms with Crippen molar-refractivity contribution in [3.8, 4) is 0 Å². The van der Waals surface area contributed by atoms with Crippen LogP contribution in [-0.4, -0.2) is 46.6 Å². The number of halogens is 2. The van der Waals surface area contributed by atoms with Crippen LogP contribution in [0.5, 0.6) is 0 Å². The third kappa shape index (κ3) is 5.89. The Morgan fingerprint density at radius 2 is 1.77 bits per heavy atom. The minimum absolute atomic E-state index is 0. The maximum atomic E-state index is 6.28. The number of piperazine rings is 1. The average Bonchev–Trinajstić information content (AvgIpc) is 3.26. The van der Waals surface area contributed by atoms with Crippen molar-refractivity contribution in [2.75, 3.05) is 31.1 Å². The van der Waals surface area contributed by atoms with E-state index in [0.717, 1.165) is 43.3 Å². The lowest BCUT2D eigenvalue weighted by Gasteiger charge is -2.36. The van der Waals surface area contributed by atoms with Crippen molar-refractivity contribution < 1.29 is 0 Å². The molecule has 6 nitrogen and oxygen atoms in total. The summed E-state index contributed by atoms with van der Waals surface area (Å²) in [6, 6.07) is 16.4. The Morgan fingerprint density at radius 3 is 2.47 bits per heavy atom. The molecule has 0 aliphatic carbocycles. The normalized spacial score (nSPS) is 14.5. The fourth-order valence-electron chi connectivity index (χ4n) is 3.54. The van der Waals surface area contributed by atoms with Gasteiger partial charge in [-0.2, -0.15) is 0 Å². The monoisotopic (exact) mass is 536 g/mol. The summed E-state index contributed by atoms with van der Waals surface area (Å²) in [5.74, 6) is 0.612. The Hall–Kier alpha value is -2.26. The maximum Gasteiger partial charge on any atom is 0.191 e. The summed E-state index contributed by atoms with van der Waals surface area (Å²) in [7, 11) is 0. The van der Waals surface area contributed by atoms with Gasteiger partial charge in [-0.15, -0.1) is 24.0 Å². The highest BCUT2D eigenvalue weighted by atomic mass is 127. The SMILES string of the molecule is I.NC(=NCc1cccc(Cn2ccnc2)c1)N1CCN(c2ccc(Cl)cc2)CC1. The lowest BCUT2D eigenvalue weighted by atomic mass is 10.1. The summed E-state index contributed by atoms with van der Waals surface area (Å²) in [5, 5.41) is 0.762. The lowest BCUT2D eigenvalue weighted by Crippen LogP contribution is -2.51. The first kappa shape index (κ1) is 22.4. The van der Waals surface area contributed by atoms with Crippen molar-refractivity contribution in [3.63, 3.8) is 0 Å². The van der Waals surface area contributed by atoms with E-state index in [0.29, 0.717) is 12.5 Å². The van der Waals surface area contributed by atoms with Crippen LogP contribution in [0.4, 0.5) is 5.69 Å². The largest absolute Gasteiger partial charge is 0.370 e. The van der Waals surface area contributed by atoms with Crippen molar-refractivity contribution in [3.05, 3.63) is 83.4 Å². The van der Waals surface area contributed by atoms with E-state index >= 15 is 0 Å². The highest BCUT2D eigenvalue weighted by Crippen LogP contribution is 2.19. The van der Waals surface area contributed by atoms with Crippen molar-refractivity contribution in [2.24, 2.45) is 10.7 Å². The first-order valence-electron chi connectivity index (χ1n) is 9.76. The van der Waals surface area contributed by atoms with Crippen molar-refractivity contribution in [1.82, 2.24) is 14.5 Å². The number of aliphatic imine (C=N–C) groups is 1. The first-order valence-corrected chi connectivity index (χ1v) is 10.1. The van der Waals surface area contributed by atoms with Crippen molar-refractivity contribution in [2.45, 2.75) is 13.1 Å². The molecule has 1 aromatic heterocycles. The number of anilines is 1. The molecular formula is C22H26ClIN6. The topological polar surface area (TPSA) is 62.7 Å². The molecule has 0 amide bonds. The minimum atomic E-state index is 0. The predicted molar refractivity (Wildman–Crippen MR) is 134 cm³/mol. The van der Waals surface area contributed by atoms with Crippen LogP contribution in [-0.2, 0) is 13.1 Å². The molecule has 1 fully saturated rings. The van der Waals surface area contributed by atoms with E-state index in [1.165, 1.54) is 11.3 Å². The molecule has 0 bridgehead atoms. The number of imidazole rings is 1. The van der Waals surface area contributed by atoms with Gasteiger partial charge in [0.05, 0.1) is 12.9 Å². The van der Waals surface area contributed by atoms with Gasteiger partial charge < -0.3 is 20.1 Å². The zero-order valence-corrected chi connectivity index (χ0v) is 19.8. The molecule has 2 N–H and O–H groups in total. The van der Waals surface area contributed by atoms with Gasteiger partial charge >= 0.3 is 0 Å². The second-order valence-corrected chi connectivity index (χ2v) is 7.62. The highest BCUT2D eigenvalue weighted by molar-refractivity contribution is 14.0. The van der Waals surface area contributed by atoms with Gasteiger partial charge in [0.25, 0.3) is 0 Å². The van der Waals surface area contributed by atoms with Crippen LogP contribution >= 0.6 is 35.6 Å². The molecule has 0 saturated carbocycles. The molecule has 1 aliphatic rings. The summed E-state index contributed by atoms with van der Waals surface area (Å²) in [4.78, 5) is 13.2. The summed E-state index contributed by atoms with van der Waals surface area (Å²) in [6.45, 7) is 4.94. The summed E-state index contributed by atoms with van der Waals surface area (Å²) in [5.41, 5.74) is 9.85. The summed E-state index contributed by atoms with van der Waals surface area (Å²) in [6.07, 6.45) is 5.58. The molecule has 1 saturated heterocycles. The van der Waals surface area contributed by atoms with Gasteiger partial charge in [-0.3, -0.25) is 0 Å². The average molecular weight is 537 g/mol. The molecule has 8 heteroatoms. The molecule has 3 aromatic rings. The van der Waals surface area contributed by atoms with Crippen LogP contribution in [0, 0.1) is 0 Å². The van der Waals surface area contributed by atoms with Crippen LogP contribution in [0.2, 0.25) is 5.02 Å². The van der Waals surface area contributed by atoms with E-state index in [1.54, 1.807) is 6.20 Å². The second kappa shape index (κ2) is 10.7. The van der Waals surface area contributed by atoms with Crippen LogP contribution in [0.15, 0.2) is 72.2 Å². The number of nitrogens with two attached hydrogens (primary N) is 1. The maximum absolute atomic E-state index is 6.28. The molecule has 2 aromatic carbocycles. The third-order valence-corrected chi connectivity index (χ3v) is 5.39. The van der Waals surface area contributed by atoms with E-state index in [9.17, 15) is 0 Å². The Morgan fingerprint density at radius 1 is 1.03 bits per heavy atom. The van der Waals surface area contributed by atoms with Crippen molar-refractivity contribution >= 4 is 47.2 Å². The van der Waals surface area contributed by atoms with Gasteiger partial charge in [0.1, 0.15) is 0 Å². The minimum Gasteiger partial charge on any atom is -0.370 e. The molecule has 1 aliphatic heterocycles. The molecule has 4 rings (SSSR count). The Labute approximate surface area is 199 Å². The van der Waals surface area contributed by atoms with E-state index < -0.39 is 0 Å². The van der Waals surface area contributed by atoms with Crippen molar-refractivity contribution in [1.29, 1.82) is 0 Å². The molecule has 0 atom stereocenters. The fraction of sp³-hybridized carbons (Fsp3) is 0.273. The van der Waals surface area contributed by atoms with Gasteiger partial charge in [0.2, 0.25) is 0 Å². The van der Waals surface area contributed by atoms with E-state index in [2.05, 4.69) is 60.7 Å². The fourth-order valence-corrected chi connectivity index (χ4v) is 3.66. The van der Waals surface area contributed by atoms with Crippen LogP contribution < -0.4 is 10.6 Å². The van der Waals surface area contributed by atoms with Crippen LogP contribution in [0.3, 0.4) is 0 Å². The molecule has 158 valence electrons. The zero-order chi connectivity index (χ0) is 20.1. The van der Waals surface area contributed by atoms with Gasteiger partial charge in [-0.25, -0.2) is 9.98 Å². The standard InChI is InChI=1S/C22H25ClN6.HI/c23-20-4-6-21(7-5-20)28-10-12-29(13-11-28)22(24)26-15-18-2-1-3-19(14-18)16-27-9-8-25-17-27;/h1-9,14,17H,10-13,15-16H2,(H2,24,26);1H. The Bertz CT molecular complexity index is 950. The Balaban J connectivity index is 0.00000256. The van der Waals surface area contributed by atoms with E-state index in [1.807, 2.05) is 24.7 Å². The highest BCUT2D eigenvalue weighted by Gasteiger charge is 2.18. The van der Waals surface area contributed by atoms with E-state index in [4.69, 9.17) is 17.3 Å². The molecule has 0 spiro atoms. The molecule has 0 radical (unpaired) electrons.